The monoisotopic (exact) mass is 402 g/mol. The number of hydrogen-bond acceptors (Lipinski definition) is 5. The number of carboxylic acid groups (broad SMARTS) is 1. The normalized spacial score (nSPS) is 43.1. The Balaban J connectivity index is 1.67. The first kappa shape index (κ1) is 20.3. The second-order valence-electron chi connectivity index (χ2n) is 9.68. The van der Waals surface area contributed by atoms with Gasteiger partial charge in [-0.1, -0.05) is 25.5 Å². The predicted molar refractivity (Wildman–Crippen MR) is 105 cm³/mol. The smallest absolute Gasteiger partial charge is 0.348 e. The Labute approximate surface area is 171 Å². The van der Waals surface area contributed by atoms with Crippen molar-refractivity contribution in [1.82, 2.24) is 0 Å². The highest BCUT2D eigenvalue weighted by molar-refractivity contribution is 6.01. The molecule has 0 spiro atoms. The van der Waals surface area contributed by atoms with Gasteiger partial charge in [-0.2, -0.15) is 0 Å². The number of carbonyl (C=O) groups excluding carboxylic acids is 2. The maximum atomic E-state index is 12.4. The summed E-state index contributed by atoms with van der Waals surface area (Å²) < 4.78 is 5.63. The van der Waals surface area contributed by atoms with E-state index in [0.29, 0.717) is 31.1 Å². The van der Waals surface area contributed by atoms with Gasteiger partial charge in [-0.15, -0.1) is 0 Å². The van der Waals surface area contributed by atoms with Crippen molar-refractivity contribution in [2.45, 2.75) is 64.4 Å². The molecule has 4 aliphatic carbocycles. The highest BCUT2D eigenvalue weighted by Crippen LogP contribution is 2.67. The van der Waals surface area contributed by atoms with Gasteiger partial charge in [0, 0.05) is 10.8 Å². The Kier molecular flexibility index (Phi) is 4.76. The minimum Gasteiger partial charge on any atom is -0.478 e. The molecule has 3 saturated carbocycles. The van der Waals surface area contributed by atoms with E-state index in [4.69, 9.17) is 9.84 Å². The fraction of sp³-hybridized carbons (Fsp3) is 0.696. The van der Waals surface area contributed by atoms with Crippen LogP contribution in [0.15, 0.2) is 23.8 Å². The zero-order valence-electron chi connectivity index (χ0n) is 17.1. The van der Waals surface area contributed by atoms with E-state index in [0.717, 1.165) is 19.3 Å². The molecule has 0 bridgehead atoms. The van der Waals surface area contributed by atoms with E-state index in [1.165, 1.54) is 5.57 Å². The number of rotatable bonds is 4. The molecule has 0 aliphatic heterocycles. The molecule has 3 fully saturated rings. The lowest BCUT2D eigenvalue weighted by atomic mass is 9.47. The SMILES string of the molecule is C[C@]12C=CC(=O)C=C1CC[C@@H]1[C@@H]2CC[C@@]2(C)[C@H]1CC[C@]2(OC(=O)CCO)C(=O)O. The first-order valence-corrected chi connectivity index (χ1v) is 10.7. The standard InChI is InChI=1S/C23H30O6/c1-21-9-5-15(25)13-14(21)3-4-16-17(21)6-10-22(2)18(16)7-11-23(22,20(27)28)29-19(26)8-12-24/h5,9,13,16-18,24H,3-4,6-8,10-12H2,1-2H3,(H,27,28)/t16-,17+,18+,21+,22+,23+/m1/s1. The van der Waals surface area contributed by atoms with Crippen LogP contribution >= 0.6 is 0 Å². The Morgan fingerprint density at radius 1 is 1.17 bits per heavy atom. The Morgan fingerprint density at radius 2 is 1.90 bits per heavy atom. The third-order valence-electron chi connectivity index (χ3n) is 8.63. The highest BCUT2D eigenvalue weighted by Gasteiger charge is 2.69. The summed E-state index contributed by atoms with van der Waals surface area (Å²) in [4.78, 5) is 36.5. The molecule has 0 unspecified atom stereocenters. The van der Waals surface area contributed by atoms with Crippen molar-refractivity contribution >= 4 is 17.7 Å². The molecule has 4 rings (SSSR count). The number of fused-ring (bicyclic) bond motifs is 5. The van der Waals surface area contributed by atoms with Crippen molar-refractivity contribution in [1.29, 1.82) is 0 Å². The molecule has 0 saturated heterocycles. The summed E-state index contributed by atoms with van der Waals surface area (Å²) in [5.41, 5.74) is -1.10. The molecule has 0 heterocycles. The molecule has 6 atom stereocenters. The van der Waals surface area contributed by atoms with Crippen LogP contribution < -0.4 is 0 Å². The van der Waals surface area contributed by atoms with E-state index in [9.17, 15) is 19.5 Å². The van der Waals surface area contributed by atoms with Crippen molar-refractivity contribution in [3.63, 3.8) is 0 Å². The zero-order valence-corrected chi connectivity index (χ0v) is 17.1. The maximum absolute atomic E-state index is 12.4. The summed E-state index contributed by atoms with van der Waals surface area (Å²) in [5, 5.41) is 19.2. The largest absolute Gasteiger partial charge is 0.478 e. The average molecular weight is 402 g/mol. The Morgan fingerprint density at radius 3 is 2.59 bits per heavy atom. The molecule has 0 aromatic carbocycles. The minimum absolute atomic E-state index is 0.0538. The zero-order chi connectivity index (χ0) is 21.0. The van der Waals surface area contributed by atoms with Gasteiger partial charge in [0.1, 0.15) is 0 Å². The molecule has 0 aromatic heterocycles. The van der Waals surface area contributed by atoms with Gasteiger partial charge >= 0.3 is 11.9 Å². The maximum Gasteiger partial charge on any atom is 0.348 e. The third-order valence-corrected chi connectivity index (χ3v) is 8.63. The topological polar surface area (TPSA) is 101 Å². The van der Waals surface area contributed by atoms with Gasteiger partial charge in [0.05, 0.1) is 13.0 Å². The van der Waals surface area contributed by atoms with Crippen molar-refractivity contribution in [3.05, 3.63) is 23.8 Å². The summed E-state index contributed by atoms with van der Waals surface area (Å²) in [7, 11) is 0. The fourth-order valence-electron chi connectivity index (χ4n) is 7.10. The van der Waals surface area contributed by atoms with E-state index in [1.807, 2.05) is 6.92 Å². The van der Waals surface area contributed by atoms with Crippen LogP contribution in [0, 0.1) is 28.6 Å². The van der Waals surface area contributed by atoms with Crippen LogP contribution in [0.1, 0.15) is 58.8 Å². The van der Waals surface area contributed by atoms with Gasteiger partial charge in [-0.25, -0.2) is 4.79 Å². The average Bonchev–Trinajstić information content (AvgIpc) is 2.96. The number of aliphatic hydroxyl groups excluding tert-OH is 1. The second-order valence-corrected chi connectivity index (χ2v) is 9.68. The minimum atomic E-state index is -1.52. The molecule has 0 aromatic rings. The molecule has 4 aliphatic rings. The molecular weight excluding hydrogens is 372 g/mol. The number of carboxylic acids is 1. The van der Waals surface area contributed by atoms with Crippen molar-refractivity contribution in [3.8, 4) is 0 Å². The van der Waals surface area contributed by atoms with Gasteiger partial charge in [0.15, 0.2) is 5.78 Å². The fourth-order valence-corrected chi connectivity index (χ4v) is 7.10. The molecule has 0 radical (unpaired) electrons. The summed E-state index contributed by atoms with van der Waals surface area (Å²) in [5.74, 6) is -0.803. The number of ketones is 1. The number of carbonyl (C=O) groups is 3. The van der Waals surface area contributed by atoms with E-state index in [1.54, 1.807) is 12.2 Å². The number of aliphatic hydroxyl groups is 1. The predicted octanol–water partition coefficient (Wildman–Crippen LogP) is 3.04. The summed E-state index contributed by atoms with van der Waals surface area (Å²) >= 11 is 0. The summed E-state index contributed by atoms with van der Waals surface area (Å²) in [6.45, 7) is 3.84. The lowest BCUT2D eigenvalue weighted by molar-refractivity contribution is -0.201. The lowest BCUT2D eigenvalue weighted by Crippen LogP contribution is -2.59. The summed E-state index contributed by atoms with van der Waals surface area (Å²) in [6, 6.07) is 0. The lowest BCUT2D eigenvalue weighted by Gasteiger charge is -2.57. The van der Waals surface area contributed by atoms with Gasteiger partial charge in [-0.05, 0) is 68.4 Å². The Hall–Kier alpha value is -1.95. The molecule has 6 nitrogen and oxygen atoms in total. The van der Waals surface area contributed by atoms with Crippen LogP contribution in [-0.4, -0.2) is 40.1 Å². The van der Waals surface area contributed by atoms with Crippen LogP contribution in [0.5, 0.6) is 0 Å². The quantitative estimate of drug-likeness (QED) is 0.701. The van der Waals surface area contributed by atoms with E-state index in [-0.39, 0.29) is 30.1 Å². The molecule has 29 heavy (non-hydrogen) atoms. The first-order valence-electron chi connectivity index (χ1n) is 10.7. The van der Waals surface area contributed by atoms with Crippen molar-refractivity contribution < 1.29 is 29.3 Å². The Bertz CT molecular complexity index is 812. The van der Waals surface area contributed by atoms with Crippen molar-refractivity contribution in [2.75, 3.05) is 6.61 Å². The molecule has 158 valence electrons. The van der Waals surface area contributed by atoms with Crippen LogP contribution in [0.4, 0.5) is 0 Å². The van der Waals surface area contributed by atoms with Crippen LogP contribution in [-0.2, 0) is 19.1 Å². The number of hydrogen-bond donors (Lipinski definition) is 2. The van der Waals surface area contributed by atoms with Crippen LogP contribution in [0.2, 0.25) is 0 Å². The molecular formula is C23H30O6. The second kappa shape index (κ2) is 6.79. The van der Waals surface area contributed by atoms with E-state index < -0.39 is 23.0 Å². The highest BCUT2D eigenvalue weighted by atomic mass is 16.6. The number of ether oxygens (including phenoxy) is 1. The molecule has 6 heteroatoms. The first-order chi connectivity index (χ1) is 13.7. The van der Waals surface area contributed by atoms with Crippen LogP contribution in [0.25, 0.3) is 0 Å². The van der Waals surface area contributed by atoms with E-state index in [2.05, 4.69) is 13.0 Å². The molecule has 0 amide bonds. The number of allylic oxidation sites excluding steroid dienone is 4. The van der Waals surface area contributed by atoms with Gasteiger partial charge < -0.3 is 14.9 Å². The third kappa shape index (κ3) is 2.75. The van der Waals surface area contributed by atoms with Gasteiger partial charge in [0.25, 0.3) is 0 Å². The van der Waals surface area contributed by atoms with Gasteiger partial charge in [-0.3, -0.25) is 9.59 Å². The van der Waals surface area contributed by atoms with Gasteiger partial charge in [0.2, 0.25) is 5.60 Å². The number of aliphatic carboxylic acids is 1. The summed E-state index contributed by atoms with van der Waals surface area (Å²) in [6.07, 6.45) is 9.67. The van der Waals surface area contributed by atoms with E-state index >= 15 is 0 Å². The van der Waals surface area contributed by atoms with Crippen molar-refractivity contribution in [2.24, 2.45) is 28.6 Å². The molecule has 2 N–H and O–H groups in total. The number of esters is 1. The van der Waals surface area contributed by atoms with Crippen LogP contribution in [0.3, 0.4) is 0 Å².